The molecule has 3 N–H and O–H groups in total. The van der Waals surface area contributed by atoms with E-state index >= 15 is 0 Å². The lowest BCUT2D eigenvalue weighted by molar-refractivity contribution is -1.02. The summed E-state index contributed by atoms with van der Waals surface area (Å²) in [6.45, 7) is 14.3. The lowest BCUT2D eigenvalue weighted by atomic mass is 10.1. The number of nitrogens with one attached hydrogen (secondary N) is 3. The van der Waals surface area contributed by atoms with Crippen molar-refractivity contribution in [3.05, 3.63) is 29.3 Å². The van der Waals surface area contributed by atoms with Crippen LogP contribution in [-0.4, -0.2) is 63.5 Å². The topological polar surface area (TPSA) is 73.6 Å². The van der Waals surface area contributed by atoms with Crippen LogP contribution in [0.15, 0.2) is 24.5 Å². The van der Waals surface area contributed by atoms with Gasteiger partial charge in [-0.2, -0.15) is 4.68 Å². The molecule has 0 radical (unpaired) electrons. The minimum absolute atomic E-state index is 0.128. The summed E-state index contributed by atoms with van der Waals surface area (Å²) in [5.41, 5.74) is 0.863. The number of quaternary nitrogens is 2. The van der Waals surface area contributed by atoms with Gasteiger partial charge < -0.3 is 15.1 Å². The number of piperazine rings is 1. The van der Waals surface area contributed by atoms with Gasteiger partial charge >= 0.3 is 0 Å². The van der Waals surface area contributed by atoms with E-state index in [9.17, 15) is 4.79 Å². The van der Waals surface area contributed by atoms with Crippen LogP contribution in [0.5, 0.6) is 0 Å². The number of carbonyl (C=O) groups excluding carboxylic acids is 1. The second-order valence-corrected chi connectivity index (χ2v) is 9.49. The number of rotatable bonds is 7. The van der Waals surface area contributed by atoms with Gasteiger partial charge in [-0.3, -0.25) is 14.3 Å². The van der Waals surface area contributed by atoms with Crippen LogP contribution in [0, 0.1) is 4.77 Å². The van der Waals surface area contributed by atoms with Crippen LogP contribution in [0.4, 0.5) is 0 Å². The van der Waals surface area contributed by atoms with E-state index in [4.69, 9.17) is 17.3 Å². The predicted molar refractivity (Wildman–Crippen MR) is 119 cm³/mol. The van der Waals surface area contributed by atoms with Gasteiger partial charge in [-0.1, -0.05) is 6.92 Å². The van der Waals surface area contributed by atoms with Crippen LogP contribution < -0.4 is 15.1 Å². The van der Waals surface area contributed by atoms with Gasteiger partial charge in [0.25, 0.3) is 5.91 Å². The maximum atomic E-state index is 12.2. The first-order valence-electron chi connectivity index (χ1n) is 10.8. The zero-order valence-corrected chi connectivity index (χ0v) is 19.4. The highest BCUT2D eigenvalue weighted by molar-refractivity contribution is 7.71. The highest BCUT2D eigenvalue weighted by Gasteiger charge is 2.27. The van der Waals surface area contributed by atoms with Crippen molar-refractivity contribution in [3.8, 4) is 11.4 Å². The zero-order chi connectivity index (χ0) is 21.7. The first-order valence-corrected chi connectivity index (χ1v) is 11.2. The third-order valence-electron chi connectivity index (χ3n) is 5.27. The van der Waals surface area contributed by atoms with Gasteiger partial charge in [0.2, 0.25) is 4.77 Å². The Balaban J connectivity index is 1.63. The molecule has 1 amide bonds. The molecule has 2 aromatic heterocycles. The van der Waals surface area contributed by atoms with E-state index in [0.29, 0.717) is 6.54 Å². The summed E-state index contributed by atoms with van der Waals surface area (Å²) in [5, 5.41) is 7.92. The summed E-state index contributed by atoms with van der Waals surface area (Å²) in [6.07, 6.45) is 4.58. The van der Waals surface area contributed by atoms with E-state index in [0.717, 1.165) is 62.0 Å². The number of aromatic nitrogens is 4. The third-order valence-corrected chi connectivity index (χ3v) is 5.70. The van der Waals surface area contributed by atoms with Gasteiger partial charge in [-0.05, 0) is 51.5 Å². The smallest absolute Gasteiger partial charge is 0.275 e. The summed E-state index contributed by atoms with van der Waals surface area (Å²) in [4.78, 5) is 19.1. The summed E-state index contributed by atoms with van der Waals surface area (Å²) >= 11 is 5.75. The zero-order valence-electron chi connectivity index (χ0n) is 18.6. The van der Waals surface area contributed by atoms with Crippen LogP contribution in [0.1, 0.15) is 34.1 Å². The van der Waals surface area contributed by atoms with E-state index in [-0.39, 0.29) is 11.4 Å². The second-order valence-electron chi connectivity index (χ2n) is 9.13. The second kappa shape index (κ2) is 9.80. The van der Waals surface area contributed by atoms with E-state index in [2.05, 4.69) is 21.8 Å². The molecule has 164 valence electrons. The van der Waals surface area contributed by atoms with Gasteiger partial charge in [0.15, 0.2) is 19.0 Å². The summed E-state index contributed by atoms with van der Waals surface area (Å²) in [5.74, 6) is 1.04. The largest absolute Gasteiger partial charge is 0.347 e. The van der Waals surface area contributed by atoms with Gasteiger partial charge in [0.1, 0.15) is 26.2 Å². The maximum Gasteiger partial charge on any atom is 0.275 e. The molecule has 3 heterocycles. The number of carbonyl (C=O) groups is 1. The fraction of sp³-hybridized carbons (Fsp3) is 0.619. The lowest BCUT2D eigenvalue weighted by Gasteiger charge is -2.30. The average molecular weight is 434 g/mol. The highest BCUT2D eigenvalue weighted by Crippen LogP contribution is 2.17. The summed E-state index contributed by atoms with van der Waals surface area (Å²) < 4.78 is 4.87. The van der Waals surface area contributed by atoms with Gasteiger partial charge in [-0.25, -0.2) is 0 Å². The van der Waals surface area contributed by atoms with E-state index in [1.807, 2.05) is 37.6 Å². The van der Waals surface area contributed by atoms with E-state index in [1.54, 1.807) is 12.4 Å². The van der Waals surface area contributed by atoms with Crippen molar-refractivity contribution in [2.45, 2.75) is 52.9 Å². The molecule has 9 heteroatoms. The molecule has 0 atom stereocenters. The Morgan fingerprint density at radius 3 is 2.40 bits per heavy atom. The monoisotopic (exact) mass is 433 g/mol. The molecule has 0 bridgehead atoms. The molecule has 1 aliphatic heterocycles. The Morgan fingerprint density at radius 2 is 1.80 bits per heavy atom. The third kappa shape index (κ3) is 5.96. The van der Waals surface area contributed by atoms with Crippen LogP contribution >= 0.6 is 12.2 Å². The fourth-order valence-electron chi connectivity index (χ4n) is 3.88. The molecule has 0 saturated carbocycles. The molecule has 1 saturated heterocycles. The van der Waals surface area contributed by atoms with Crippen molar-refractivity contribution in [1.82, 2.24) is 24.6 Å². The molecule has 3 rings (SSSR count). The number of nitrogens with zero attached hydrogens (tertiary/aromatic N) is 4. The van der Waals surface area contributed by atoms with Crippen LogP contribution in [0.2, 0.25) is 0 Å². The SMILES string of the molecule is CCCn1c(-c2ccncc2)nn(C[NH+]2CC[NH+](CC(=O)NC(C)(C)C)CC2)c1=S. The molecule has 0 unspecified atom stereocenters. The molecule has 0 spiro atoms. The molecule has 2 aromatic rings. The standard InChI is InChI=1S/C21H33N7OS/c1-5-10-27-19(17-6-8-22-9-7-17)24-28(20(27)30)16-26-13-11-25(12-14-26)15-18(29)23-21(2,3)4/h6-9H,5,10-16H2,1-4H3,(H,23,29)/p+2. The summed E-state index contributed by atoms with van der Waals surface area (Å²) in [7, 11) is 0. The molecular formula is C21H35N7OS+2. The Bertz CT molecular complexity index is 892. The van der Waals surface area contributed by atoms with Gasteiger partial charge in [-0.15, -0.1) is 5.10 Å². The number of hydrogen-bond acceptors (Lipinski definition) is 4. The Hall–Kier alpha value is -2.10. The van der Waals surface area contributed by atoms with Gasteiger partial charge in [0.05, 0.1) is 0 Å². The Kier molecular flexibility index (Phi) is 7.38. The van der Waals surface area contributed by atoms with E-state index in [1.165, 1.54) is 9.80 Å². The first-order chi connectivity index (χ1) is 14.3. The average Bonchev–Trinajstić information content (AvgIpc) is 2.99. The van der Waals surface area contributed by atoms with Crippen molar-refractivity contribution in [1.29, 1.82) is 0 Å². The first kappa shape index (κ1) is 22.6. The number of hydrogen-bond donors (Lipinski definition) is 3. The Labute approximate surface area is 183 Å². The van der Waals surface area contributed by atoms with Crippen LogP contribution in [-0.2, 0) is 18.0 Å². The predicted octanol–water partition coefficient (Wildman–Crippen LogP) is -0.458. The quantitative estimate of drug-likeness (QED) is 0.517. The molecule has 1 aliphatic rings. The maximum absolute atomic E-state index is 12.2. The Morgan fingerprint density at radius 1 is 1.17 bits per heavy atom. The van der Waals surface area contributed by atoms with Crippen molar-refractivity contribution in [2.24, 2.45) is 0 Å². The highest BCUT2D eigenvalue weighted by atomic mass is 32.1. The minimum atomic E-state index is -0.177. The van der Waals surface area contributed by atoms with Crippen molar-refractivity contribution in [3.63, 3.8) is 0 Å². The van der Waals surface area contributed by atoms with Crippen LogP contribution in [0.3, 0.4) is 0 Å². The molecule has 0 aliphatic carbocycles. The fourth-order valence-corrected chi connectivity index (χ4v) is 4.16. The molecule has 30 heavy (non-hydrogen) atoms. The van der Waals surface area contributed by atoms with Crippen molar-refractivity contribution < 1.29 is 14.6 Å². The molecule has 8 nitrogen and oxygen atoms in total. The van der Waals surface area contributed by atoms with E-state index < -0.39 is 0 Å². The van der Waals surface area contributed by atoms with Crippen LogP contribution in [0.25, 0.3) is 11.4 Å². The summed E-state index contributed by atoms with van der Waals surface area (Å²) in [6, 6.07) is 3.95. The van der Waals surface area contributed by atoms with Crippen molar-refractivity contribution in [2.75, 3.05) is 32.7 Å². The molecule has 0 aromatic carbocycles. The molecule has 1 fully saturated rings. The van der Waals surface area contributed by atoms with Crippen molar-refractivity contribution >= 4 is 18.1 Å². The lowest BCUT2D eigenvalue weighted by Crippen LogP contribution is -3.28. The van der Waals surface area contributed by atoms with Gasteiger partial charge in [0, 0.05) is 30.0 Å². The number of pyridine rings is 1. The normalized spacial score (nSPS) is 19.6. The minimum Gasteiger partial charge on any atom is -0.347 e. The number of amides is 1. The molecular weight excluding hydrogens is 398 g/mol.